The van der Waals surface area contributed by atoms with E-state index in [9.17, 15) is 14.7 Å². The Kier molecular flexibility index (Phi) is 3.84. The standard InChI is InChI=1S/C18H19NO3/c1-12(20)16-17(21)14-10-6-3-7-11-15(14)19(18(16)22)13-8-4-2-5-9-13/h2,4-5,8-9,21H,3,6-7,10-11H2,1H3. The second-order valence-corrected chi connectivity index (χ2v) is 5.74. The number of fused-ring (bicyclic) bond motifs is 1. The van der Waals surface area contributed by atoms with E-state index in [1.807, 2.05) is 30.3 Å². The van der Waals surface area contributed by atoms with Crippen molar-refractivity contribution in [2.75, 3.05) is 0 Å². The van der Waals surface area contributed by atoms with Gasteiger partial charge in [-0.2, -0.15) is 0 Å². The molecular weight excluding hydrogens is 278 g/mol. The highest BCUT2D eigenvalue weighted by Gasteiger charge is 2.25. The molecule has 4 heteroatoms. The van der Waals surface area contributed by atoms with Gasteiger partial charge in [-0.05, 0) is 44.7 Å². The first-order valence-corrected chi connectivity index (χ1v) is 7.67. The number of hydrogen-bond donors (Lipinski definition) is 1. The predicted octanol–water partition coefficient (Wildman–Crippen LogP) is 3.01. The zero-order valence-electron chi connectivity index (χ0n) is 12.6. The number of Topliss-reactive ketones (excluding diaryl/α,β-unsaturated/α-hetero) is 1. The van der Waals surface area contributed by atoms with Crippen LogP contribution < -0.4 is 5.56 Å². The van der Waals surface area contributed by atoms with Gasteiger partial charge in [0.05, 0.1) is 0 Å². The molecule has 0 radical (unpaired) electrons. The normalized spacial score (nSPS) is 14.2. The van der Waals surface area contributed by atoms with E-state index >= 15 is 0 Å². The molecule has 114 valence electrons. The number of benzene rings is 1. The van der Waals surface area contributed by atoms with Gasteiger partial charge in [-0.25, -0.2) is 0 Å². The van der Waals surface area contributed by atoms with Crippen molar-refractivity contribution in [1.29, 1.82) is 0 Å². The number of rotatable bonds is 2. The minimum absolute atomic E-state index is 0.0931. The quantitative estimate of drug-likeness (QED) is 0.684. The van der Waals surface area contributed by atoms with Crippen LogP contribution in [0, 0.1) is 0 Å². The third-order valence-corrected chi connectivity index (χ3v) is 4.26. The van der Waals surface area contributed by atoms with Gasteiger partial charge in [0.2, 0.25) is 0 Å². The summed E-state index contributed by atoms with van der Waals surface area (Å²) in [6.07, 6.45) is 4.45. The Labute approximate surface area is 129 Å². The van der Waals surface area contributed by atoms with E-state index < -0.39 is 5.56 Å². The highest BCUT2D eigenvalue weighted by Crippen LogP contribution is 2.31. The molecule has 1 aliphatic rings. The summed E-state index contributed by atoms with van der Waals surface area (Å²) in [5.74, 6) is -0.499. The Balaban J connectivity index is 2.39. The van der Waals surface area contributed by atoms with Crippen LogP contribution in [0.15, 0.2) is 35.1 Å². The van der Waals surface area contributed by atoms with E-state index in [0.29, 0.717) is 6.42 Å². The topological polar surface area (TPSA) is 59.3 Å². The van der Waals surface area contributed by atoms with Crippen LogP contribution in [0.25, 0.3) is 5.69 Å². The molecule has 0 unspecified atom stereocenters. The van der Waals surface area contributed by atoms with Gasteiger partial charge in [0, 0.05) is 16.9 Å². The molecule has 0 bridgehead atoms. The molecule has 1 aromatic heterocycles. The van der Waals surface area contributed by atoms with Crippen molar-refractivity contribution in [1.82, 2.24) is 4.57 Å². The summed E-state index contributed by atoms with van der Waals surface area (Å²) in [7, 11) is 0. The highest BCUT2D eigenvalue weighted by molar-refractivity contribution is 5.97. The lowest BCUT2D eigenvalue weighted by Crippen LogP contribution is -2.28. The Morgan fingerprint density at radius 3 is 2.45 bits per heavy atom. The molecule has 1 N–H and O–H groups in total. The lowest BCUT2D eigenvalue weighted by Gasteiger charge is -2.18. The van der Waals surface area contributed by atoms with Gasteiger partial charge in [0.25, 0.3) is 5.56 Å². The fourth-order valence-electron chi connectivity index (χ4n) is 3.22. The molecule has 1 heterocycles. The third-order valence-electron chi connectivity index (χ3n) is 4.26. The van der Waals surface area contributed by atoms with E-state index in [0.717, 1.165) is 42.6 Å². The van der Waals surface area contributed by atoms with Crippen molar-refractivity contribution in [3.63, 3.8) is 0 Å². The SMILES string of the molecule is CC(=O)c1c(O)c2c(n(-c3ccccc3)c1=O)CCCCC2. The molecule has 4 nitrogen and oxygen atoms in total. The van der Waals surface area contributed by atoms with Gasteiger partial charge in [0.1, 0.15) is 11.3 Å². The fourth-order valence-corrected chi connectivity index (χ4v) is 3.22. The lowest BCUT2D eigenvalue weighted by molar-refractivity contribution is 0.101. The second kappa shape index (κ2) is 5.79. The van der Waals surface area contributed by atoms with Crippen LogP contribution in [0.3, 0.4) is 0 Å². The molecule has 2 aromatic rings. The van der Waals surface area contributed by atoms with Crippen molar-refractivity contribution in [3.05, 3.63) is 57.5 Å². The van der Waals surface area contributed by atoms with Crippen LogP contribution in [0.5, 0.6) is 5.75 Å². The summed E-state index contributed by atoms with van der Waals surface area (Å²) in [6, 6.07) is 9.33. The van der Waals surface area contributed by atoms with E-state index in [-0.39, 0.29) is 17.1 Å². The van der Waals surface area contributed by atoms with Crippen LogP contribution in [0.2, 0.25) is 0 Å². The number of hydrogen-bond acceptors (Lipinski definition) is 3. The number of nitrogens with zero attached hydrogens (tertiary/aromatic N) is 1. The molecule has 0 saturated carbocycles. The number of aromatic hydroxyl groups is 1. The van der Waals surface area contributed by atoms with Gasteiger partial charge in [0.15, 0.2) is 5.78 Å². The molecule has 1 aliphatic carbocycles. The number of aromatic nitrogens is 1. The number of ketones is 1. The summed E-state index contributed by atoms with van der Waals surface area (Å²) >= 11 is 0. The zero-order valence-corrected chi connectivity index (χ0v) is 12.6. The van der Waals surface area contributed by atoms with Crippen molar-refractivity contribution in [2.45, 2.75) is 39.0 Å². The zero-order chi connectivity index (χ0) is 15.7. The van der Waals surface area contributed by atoms with Crippen LogP contribution in [-0.2, 0) is 12.8 Å². The second-order valence-electron chi connectivity index (χ2n) is 5.74. The summed E-state index contributed by atoms with van der Waals surface area (Å²) in [5.41, 5.74) is 1.83. The Bertz CT molecular complexity index is 775. The lowest BCUT2D eigenvalue weighted by atomic mass is 10.0. The first-order valence-electron chi connectivity index (χ1n) is 7.67. The molecule has 1 aromatic carbocycles. The molecule has 22 heavy (non-hydrogen) atoms. The monoisotopic (exact) mass is 297 g/mol. The maximum absolute atomic E-state index is 12.8. The van der Waals surface area contributed by atoms with Crippen LogP contribution >= 0.6 is 0 Å². The number of pyridine rings is 1. The largest absolute Gasteiger partial charge is 0.507 e. The van der Waals surface area contributed by atoms with Crippen molar-refractivity contribution in [2.24, 2.45) is 0 Å². The summed E-state index contributed by atoms with van der Waals surface area (Å²) in [5, 5.41) is 10.4. The van der Waals surface area contributed by atoms with Crippen LogP contribution in [-0.4, -0.2) is 15.5 Å². The average Bonchev–Trinajstić information content (AvgIpc) is 2.74. The van der Waals surface area contributed by atoms with Crippen molar-refractivity contribution < 1.29 is 9.90 Å². The van der Waals surface area contributed by atoms with E-state index in [1.165, 1.54) is 6.92 Å². The molecule has 0 amide bonds. The molecule has 0 spiro atoms. The Morgan fingerprint density at radius 1 is 1.09 bits per heavy atom. The molecule has 0 aliphatic heterocycles. The van der Waals surface area contributed by atoms with Gasteiger partial charge < -0.3 is 5.11 Å². The average molecular weight is 297 g/mol. The number of para-hydroxylation sites is 1. The fraction of sp³-hybridized carbons (Fsp3) is 0.333. The molecule has 0 saturated heterocycles. The number of carbonyl (C=O) groups excluding carboxylic acids is 1. The van der Waals surface area contributed by atoms with Crippen LogP contribution in [0.4, 0.5) is 0 Å². The first-order chi connectivity index (χ1) is 10.6. The summed E-state index contributed by atoms with van der Waals surface area (Å²) in [4.78, 5) is 24.7. The summed E-state index contributed by atoms with van der Waals surface area (Å²) < 4.78 is 1.61. The predicted molar refractivity (Wildman–Crippen MR) is 85.0 cm³/mol. The van der Waals surface area contributed by atoms with Gasteiger partial charge in [-0.1, -0.05) is 24.6 Å². The molecule has 0 atom stereocenters. The van der Waals surface area contributed by atoms with Gasteiger partial charge in [-0.3, -0.25) is 14.2 Å². The molecule has 0 fully saturated rings. The maximum Gasteiger partial charge on any atom is 0.269 e. The summed E-state index contributed by atoms with van der Waals surface area (Å²) in [6.45, 7) is 1.33. The van der Waals surface area contributed by atoms with Gasteiger partial charge in [-0.15, -0.1) is 0 Å². The van der Waals surface area contributed by atoms with Gasteiger partial charge >= 0.3 is 0 Å². The van der Waals surface area contributed by atoms with E-state index in [4.69, 9.17) is 0 Å². The minimum atomic E-state index is -0.420. The Hall–Kier alpha value is -2.36. The molecule has 3 rings (SSSR count). The third kappa shape index (κ3) is 2.34. The maximum atomic E-state index is 12.8. The number of carbonyl (C=O) groups is 1. The van der Waals surface area contributed by atoms with Crippen molar-refractivity contribution in [3.8, 4) is 11.4 Å². The van der Waals surface area contributed by atoms with Crippen LogP contribution in [0.1, 0.15) is 47.8 Å². The van der Waals surface area contributed by atoms with E-state index in [2.05, 4.69) is 0 Å². The highest BCUT2D eigenvalue weighted by atomic mass is 16.3. The Morgan fingerprint density at radius 2 is 1.77 bits per heavy atom. The van der Waals surface area contributed by atoms with Crippen molar-refractivity contribution >= 4 is 5.78 Å². The molecular formula is C18H19NO3. The smallest absolute Gasteiger partial charge is 0.269 e. The minimum Gasteiger partial charge on any atom is -0.507 e. The van der Waals surface area contributed by atoms with E-state index in [1.54, 1.807) is 4.57 Å². The first kappa shape index (κ1) is 14.6.